The van der Waals surface area contributed by atoms with Gasteiger partial charge >= 0.3 is 0 Å². The maximum absolute atomic E-state index is 13.4. The van der Waals surface area contributed by atoms with Crippen molar-refractivity contribution in [3.8, 4) is 5.75 Å². The van der Waals surface area contributed by atoms with Crippen molar-refractivity contribution in [2.75, 3.05) is 13.2 Å². The van der Waals surface area contributed by atoms with Gasteiger partial charge in [-0.2, -0.15) is 0 Å². The number of morpholine rings is 1. The number of piperidine rings is 1. The third-order valence-electron chi connectivity index (χ3n) is 4.82. The van der Waals surface area contributed by atoms with Gasteiger partial charge in [0.1, 0.15) is 17.7 Å². The first-order valence-corrected chi connectivity index (χ1v) is 8.42. The third kappa shape index (κ3) is 3.42. The summed E-state index contributed by atoms with van der Waals surface area (Å²) in [6.45, 7) is 2.17. The normalized spacial score (nSPS) is 27.0. The summed E-state index contributed by atoms with van der Waals surface area (Å²) in [7, 11) is 0. The average Bonchev–Trinajstić information content (AvgIpc) is 2.56. The molecule has 0 N–H and O–H groups in total. The van der Waals surface area contributed by atoms with E-state index >= 15 is 0 Å². The van der Waals surface area contributed by atoms with Crippen LogP contribution >= 0.6 is 0 Å². The van der Waals surface area contributed by atoms with Crippen molar-refractivity contribution >= 4 is 0 Å². The number of hydrogen-bond donors (Lipinski definition) is 0. The Labute approximate surface area is 141 Å². The summed E-state index contributed by atoms with van der Waals surface area (Å²) in [4.78, 5) is 6.55. The van der Waals surface area contributed by atoms with E-state index < -0.39 is 0 Å². The van der Waals surface area contributed by atoms with Crippen LogP contribution in [0, 0.1) is 5.82 Å². The molecule has 3 heterocycles. The van der Waals surface area contributed by atoms with E-state index in [0.717, 1.165) is 30.7 Å². The molecule has 1 aromatic heterocycles. The van der Waals surface area contributed by atoms with Crippen LogP contribution in [-0.2, 0) is 11.3 Å². The van der Waals surface area contributed by atoms with Crippen molar-refractivity contribution in [1.29, 1.82) is 0 Å². The van der Waals surface area contributed by atoms with Crippen LogP contribution in [0.4, 0.5) is 4.39 Å². The molecular weight excluding hydrogens is 307 g/mol. The zero-order valence-corrected chi connectivity index (χ0v) is 13.5. The lowest BCUT2D eigenvalue weighted by Crippen LogP contribution is -2.58. The summed E-state index contributed by atoms with van der Waals surface area (Å²) < 4.78 is 25.3. The van der Waals surface area contributed by atoms with E-state index in [2.05, 4.69) is 9.88 Å². The van der Waals surface area contributed by atoms with E-state index in [4.69, 9.17) is 9.47 Å². The molecule has 2 aliphatic heterocycles. The van der Waals surface area contributed by atoms with Crippen molar-refractivity contribution in [2.24, 2.45) is 0 Å². The first-order valence-electron chi connectivity index (χ1n) is 8.42. The molecule has 2 aliphatic rings. The third-order valence-corrected chi connectivity index (χ3v) is 4.82. The second kappa shape index (κ2) is 6.87. The second-order valence-electron chi connectivity index (χ2n) is 6.55. The highest BCUT2D eigenvalue weighted by molar-refractivity contribution is 5.18. The van der Waals surface area contributed by atoms with Crippen molar-refractivity contribution in [3.63, 3.8) is 0 Å². The molecule has 2 bridgehead atoms. The number of hydrogen-bond acceptors (Lipinski definition) is 4. The molecule has 2 fully saturated rings. The molecule has 4 rings (SSSR count). The summed E-state index contributed by atoms with van der Waals surface area (Å²) in [6.07, 6.45) is 5.51. The first kappa shape index (κ1) is 15.5. The molecule has 0 aliphatic carbocycles. The summed E-state index contributed by atoms with van der Waals surface area (Å²) >= 11 is 0. The molecular formula is C19H21FN2O2. The van der Waals surface area contributed by atoms with Crippen molar-refractivity contribution < 1.29 is 13.9 Å². The Morgan fingerprint density at radius 3 is 2.71 bits per heavy atom. The van der Waals surface area contributed by atoms with Crippen LogP contribution < -0.4 is 4.74 Å². The number of ether oxygens (including phenoxy) is 2. The lowest BCUT2D eigenvalue weighted by molar-refractivity contribution is -0.104. The van der Waals surface area contributed by atoms with Gasteiger partial charge in [-0.25, -0.2) is 4.39 Å². The van der Waals surface area contributed by atoms with Crippen LogP contribution in [-0.4, -0.2) is 41.3 Å². The van der Waals surface area contributed by atoms with E-state index in [1.807, 2.05) is 18.2 Å². The average molecular weight is 328 g/mol. The van der Waals surface area contributed by atoms with Gasteiger partial charge in [0.2, 0.25) is 0 Å². The molecule has 126 valence electrons. The molecule has 0 radical (unpaired) electrons. The van der Waals surface area contributed by atoms with Gasteiger partial charge in [0.15, 0.2) is 0 Å². The van der Waals surface area contributed by atoms with Gasteiger partial charge in [-0.1, -0.05) is 12.1 Å². The number of halogens is 1. The van der Waals surface area contributed by atoms with E-state index in [1.54, 1.807) is 24.5 Å². The van der Waals surface area contributed by atoms with E-state index in [9.17, 15) is 4.39 Å². The minimum atomic E-state index is -0.177. The Bertz CT molecular complexity index is 668. The minimum Gasteiger partial charge on any atom is -0.489 e. The molecule has 4 nitrogen and oxygen atoms in total. The molecule has 0 spiro atoms. The predicted octanol–water partition coefficient (Wildman–Crippen LogP) is 3.03. The highest BCUT2D eigenvalue weighted by Crippen LogP contribution is 2.31. The molecule has 0 amide bonds. The molecule has 0 unspecified atom stereocenters. The fourth-order valence-electron chi connectivity index (χ4n) is 3.75. The SMILES string of the molecule is Fc1cccc(CN2[C@H]3COC[C@H]2CC(Oc2cccnc2)C3)c1. The van der Waals surface area contributed by atoms with Gasteiger partial charge in [0, 0.05) is 37.7 Å². The smallest absolute Gasteiger partial charge is 0.137 e. The highest BCUT2D eigenvalue weighted by atomic mass is 19.1. The molecule has 1 aromatic carbocycles. The Balaban J connectivity index is 1.45. The van der Waals surface area contributed by atoms with E-state index in [0.29, 0.717) is 25.3 Å². The fraction of sp³-hybridized carbons (Fsp3) is 0.421. The molecule has 2 atom stereocenters. The topological polar surface area (TPSA) is 34.6 Å². The lowest BCUT2D eigenvalue weighted by Gasteiger charge is -2.48. The van der Waals surface area contributed by atoms with Gasteiger partial charge < -0.3 is 9.47 Å². The largest absolute Gasteiger partial charge is 0.489 e. The number of pyridine rings is 1. The van der Waals surface area contributed by atoms with E-state index in [1.165, 1.54) is 6.07 Å². The number of fused-ring (bicyclic) bond motifs is 2. The second-order valence-corrected chi connectivity index (χ2v) is 6.55. The molecule has 2 aromatic rings. The maximum Gasteiger partial charge on any atom is 0.137 e. The molecule has 0 saturated carbocycles. The number of rotatable bonds is 4. The Hall–Kier alpha value is -1.98. The number of nitrogens with zero attached hydrogens (tertiary/aromatic N) is 2. The summed E-state index contributed by atoms with van der Waals surface area (Å²) in [5.41, 5.74) is 1.01. The van der Waals surface area contributed by atoms with Crippen LogP contribution in [0.15, 0.2) is 48.8 Å². The Morgan fingerprint density at radius 1 is 1.17 bits per heavy atom. The highest BCUT2D eigenvalue weighted by Gasteiger charge is 2.39. The van der Waals surface area contributed by atoms with Gasteiger partial charge in [-0.05, 0) is 29.8 Å². The summed E-state index contributed by atoms with van der Waals surface area (Å²) in [5.74, 6) is 0.642. The standard InChI is InChI=1S/C19H21FN2O2/c20-15-4-1-3-14(7-15)11-22-16-8-19(9-17(22)13-23-12-16)24-18-5-2-6-21-10-18/h1-7,10,16-17,19H,8-9,11-13H2/t16-,17-/m1/s1. The van der Waals surface area contributed by atoms with Crippen LogP contribution in [0.25, 0.3) is 0 Å². The van der Waals surface area contributed by atoms with Gasteiger partial charge in [0.25, 0.3) is 0 Å². The first-order chi connectivity index (χ1) is 11.8. The number of benzene rings is 1. The molecule has 24 heavy (non-hydrogen) atoms. The van der Waals surface area contributed by atoms with Gasteiger partial charge in [-0.15, -0.1) is 0 Å². The van der Waals surface area contributed by atoms with Crippen molar-refractivity contribution in [2.45, 2.75) is 37.6 Å². The van der Waals surface area contributed by atoms with Gasteiger partial charge in [0.05, 0.1) is 19.4 Å². The zero-order valence-electron chi connectivity index (χ0n) is 13.5. The lowest BCUT2D eigenvalue weighted by atomic mass is 9.91. The zero-order chi connectivity index (χ0) is 16.4. The van der Waals surface area contributed by atoms with Crippen LogP contribution in [0.3, 0.4) is 0 Å². The Kier molecular flexibility index (Phi) is 4.45. The van der Waals surface area contributed by atoms with Gasteiger partial charge in [-0.3, -0.25) is 9.88 Å². The fourth-order valence-corrected chi connectivity index (χ4v) is 3.75. The van der Waals surface area contributed by atoms with Crippen LogP contribution in [0.5, 0.6) is 5.75 Å². The summed E-state index contributed by atoms with van der Waals surface area (Å²) in [5, 5.41) is 0. The monoisotopic (exact) mass is 328 g/mol. The quantitative estimate of drug-likeness (QED) is 0.864. The molecule has 5 heteroatoms. The van der Waals surface area contributed by atoms with E-state index in [-0.39, 0.29) is 11.9 Å². The molecule has 2 saturated heterocycles. The number of aromatic nitrogens is 1. The van der Waals surface area contributed by atoms with Crippen LogP contribution in [0.1, 0.15) is 18.4 Å². The van der Waals surface area contributed by atoms with Crippen LogP contribution in [0.2, 0.25) is 0 Å². The van der Waals surface area contributed by atoms with Crippen molar-refractivity contribution in [1.82, 2.24) is 9.88 Å². The summed E-state index contributed by atoms with van der Waals surface area (Å²) in [6, 6.07) is 11.3. The predicted molar refractivity (Wildman–Crippen MR) is 88.2 cm³/mol. The van der Waals surface area contributed by atoms with Crippen molar-refractivity contribution in [3.05, 3.63) is 60.2 Å². The minimum absolute atomic E-state index is 0.177. The Morgan fingerprint density at radius 2 is 2.00 bits per heavy atom. The maximum atomic E-state index is 13.4.